The van der Waals surface area contributed by atoms with Gasteiger partial charge in [-0.3, -0.25) is 4.79 Å². The van der Waals surface area contributed by atoms with Crippen molar-refractivity contribution in [2.24, 2.45) is 5.92 Å². The molecule has 0 aromatic heterocycles. The number of hydrogen-bond donors (Lipinski definition) is 2. The van der Waals surface area contributed by atoms with Crippen molar-refractivity contribution >= 4 is 15.9 Å². The molecule has 2 aliphatic carbocycles. The van der Waals surface area contributed by atoms with Crippen LogP contribution in [0.2, 0.25) is 0 Å². The van der Waals surface area contributed by atoms with E-state index < -0.39 is 20.9 Å². The summed E-state index contributed by atoms with van der Waals surface area (Å²) in [6, 6.07) is 0. The van der Waals surface area contributed by atoms with E-state index in [1.165, 1.54) is 0 Å². The van der Waals surface area contributed by atoms with Crippen molar-refractivity contribution < 1.29 is 18.3 Å². The van der Waals surface area contributed by atoms with Crippen LogP contribution in [0.5, 0.6) is 0 Å². The van der Waals surface area contributed by atoms with E-state index in [0.717, 1.165) is 38.5 Å². The van der Waals surface area contributed by atoms with Gasteiger partial charge in [0.1, 0.15) is 0 Å². The van der Waals surface area contributed by atoms with Gasteiger partial charge < -0.3 is 10.0 Å². The molecule has 0 bridgehead atoms. The number of aliphatic hydroxyl groups is 1. The molecule has 2 saturated carbocycles. The maximum absolute atomic E-state index is 12.5. The lowest BCUT2D eigenvalue weighted by atomic mass is 9.81. The highest BCUT2D eigenvalue weighted by atomic mass is 32.2. The lowest BCUT2D eigenvalue weighted by Crippen LogP contribution is -2.53. The van der Waals surface area contributed by atoms with Crippen molar-refractivity contribution in [1.29, 1.82) is 0 Å². The molecule has 23 heavy (non-hydrogen) atoms. The van der Waals surface area contributed by atoms with Gasteiger partial charge in [-0.25, -0.2) is 13.1 Å². The molecule has 7 heteroatoms. The molecule has 0 spiro atoms. The zero-order chi connectivity index (χ0) is 16.5. The van der Waals surface area contributed by atoms with Crippen molar-refractivity contribution in [2.75, 3.05) is 19.6 Å². The highest BCUT2D eigenvalue weighted by Gasteiger charge is 2.39. The Balaban J connectivity index is 1.57. The van der Waals surface area contributed by atoms with Crippen LogP contribution in [-0.2, 0) is 14.8 Å². The number of nitrogens with zero attached hydrogens (tertiary/aromatic N) is 1. The molecule has 3 fully saturated rings. The molecular formula is C16H28N2O4S. The quantitative estimate of drug-likeness (QED) is 0.779. The normalized spacial score (nSPS) is 28.6. The molecule has 1 atom stereocenters. The molecule has 3 rings (SSSR count). The van der Waals surface area contributed by atoms with Gasteiger partial charge in [0.25, 0.3) is 0 Å². The Morgan fingerprint density at radius 2 is 1.83 bits per heavy atom. The highest BCUT2D eigenvalue weighted by molar-refractivity contribution is 7.90. The van der Waals surface area contributed by atoms with Crippen molar-refractivity contribution in [3.8, 4) is 0 Å². The predicted molar refractivity (Wildman–Crippen MR) is 87.3 cm³/mol. The Morgan fingerprint density at radius 1 is 1.13 bits per heavy atom. The largest absolute Gasteiger partial charge is 0.389 e. The summed E-state index contributed by atoms with van der Waals surface area (Å²) in [7, 11) is -3.49. The summed E-state index contributed by atoms with van der Waals surface area (Å²) in [6.07, 6.45) is 7.68. The van der Waals surface area contributed by atoms with Crippen molar-refractivity contribution in [2.45, 2.75) is 68.6 Å². The summed E-state index contributed by atoms with van der Waals surface area (Å²) in [5.74, 6) is 0.236. The molecule has 1 heterocycles. The van der Waals surface area contributed by atoms with Crippen molar-refractivity contribution in [1.82, 2.24) is 9.62 Å². The van der Waals surface area contributed by atoms with E-state index in [9.17, 15) is 18.3 Å². The average Bonchev–Trinajstić information content (AvgIpc) is 3.05. The Labute approximate surface area is 138 Å². The van der Waals surface area contributed by atoms with Crippen LogP contribution in [-0.4, -0.2) is 54.8 Å². The SMILES string of the molecule is O=C(C1CCCC1)N1CCC[C@@H](S(=O)(=O)NCC2(O)CCC2)C1. The first kappa shape index (κ1) is 17.2. The molecule has 1 saturated heterocycles. The lowest BCUT2D eigenvalue weighted by Gasteiger charge is -2.38. The molecule has 6 nitrogen and oxygen atoms in total. The second-order valence-corrected chi connectivity index (χ2v) is 9.52. The van der Waals surface area contributed by atoms with Crippen LogP contribution in [0.1, 0.15) is 57.8 Å². The van der Waals surface area contributed by atoms with Crippen LogP contribution >= 0.6 is 0 Å². The van der Waals surface area contributed by atoms with Gasteiger partial charge in [0.15, 0.2) is 0 Å². The molecule has 0 unspecified atom stereocenters. The summed E-state index contributed by atoms with van der Waals surface area (Å²) >= 11 is 0. The second kappa shape index (κ2) is 6.69. The number of likely N-dealkylation sites (tertiary alicyclic amines) is 1. The van der Waals surface area contributed by atoms with E-state index >= 15 is 0 Å². The maximum atomic E-state index is 12.5. The van der Waals surface area contributed by atoms with Gasteiger partial charge in [0, 0.05) is 25.6 Å². The lowest BCUT2D eigenvalue weighted by molar-refractivity contribution is -0.136. The number of carbonyl (C=O) groups is 1. The van der Waals surface area contributed by atoms with Gasteiger partial charge in [-0.05, 0) is 44.9 Å². The molecule has 1 amide bonds. The van der Waals surface area contributed by atoms with E-state index in [1.807, 2.05) is 0 Å². The topological polar surface area (TPSA) is 86.7 Å². The molecule has 2 N–H and O–H groups in total. The van der Waals surface area contributed by atoms with E-state index in [4.69, 9.17) is 0 Å². The van der Waals surface area contributed by atoms with Crippen molar-refractivity contribution in [3.63, 3.8) is 0 Å². The number of carbonyl (C=O) groups excluding carboxylic acids is 1. The van der Waals surface area contributed by atoms with Crippen LogP contribution in [0.25, 0.3) is 0 Å². The fourth-order valence-electron chi connectivity index (χ4n) is 3.94. The van der Waals surface area contributed by atoms with Crippen LogP contribution in [0.3, 0.4) is 0 Å². The van der Waals surface area contributed by atoms with Crippen LogP contribution in [0, 0.1) is 5.92 Å². The van der Waals surface area contributed by atoms with E-state index in [2.05, 4.69) is 4.72 Å². The first-order valence-corrected chi connectivity index (χ1v) is 10.4. The fourth-order valence-corrected chi connectivity index (χ4v) is 5.50. The first-order chi connectivity index (χ1) is 10.9. The molecule has 0 aromatic rings. The van der Waals surface area contributed by atoms with Gasteiger partial charge in [-0.1, -0.05) is 12.8 Å². The maximum Gasteiger partial charge on any atom is 0.225 e. The average molecular weight is 344 g/mol. The summed E-state index contributed by atoms with van der Waals surface area (Å²) in [5, 5.41) is 9.51. The summed E-state index contributed by atoms with van der Waals surface area (Å²) < 4.78 is 27.6. The number of rotatable bonds is 5. The first-order valence-electron chi connectivity index (χ1n) is 8.89. The smallest absolute Gasteiger partial charge is 0.225 e. The summed E-state index contributed by atoms with van der Waals surface area (Å²) in [4.78, 5) is 14.3. The molecule has 132 valence electrons. The third kappa shape index (κ3) is 3.88. The number of nitrogens with one attached hydrogen (secondary N) is 1. The van der Waals surface area contributed by atoms with Gasteiger partial charge in [-0.2, -0.15) is 0 Å². The number of sulfonamides is 1. The van der Waals surface area contributed by atoms with Crippen LogP contribution < -0.4 is 4.72 Å². The summed E-state index contributed by atoms with van der Waals surface area (Å²) in [6.45, 7) is 1.07. The predicted octanol–water partition coefficient (Wildman–Crippen LogP) is 1.00. The van der Waals surface area contributed by atoms with Gasteiger partial charge in [0.05, 0.1) is 10.9 Å². The Kier molecular flexibility index (Phi) is 4.99. The zero-order valence-corrected chi connectivity index (χ0v) is 14.5. The fraction of sp³-hybridized carbons (Fsp3) is 0.938. The van der Waals surface area contributed by atoms with Crippen molar-refractivity contribution in [3.05, 3.63) is 0 Å². The minimum atomic E-state index is -3.49. The number of amides is 1. The Hall–Kier alpha value is -0.660. The third-order valence-electron chi connectivity index (χ3n) is 5.72. The number of hydrogen-bond acceptors (Lipinski definition) is 4. The van der Waals surface area contributed by atoms with E-state index in [-0.39, 0.29) is 18.4 Å². The number of piperidine rings is 1. The summed E-state index contributed by atoms with van der Waals surface area (Å²) in [5.41, 5.74) is -0.860. The molecule has 0 aromatic carbocycles. The minimum Gasteiger partial charge on any atom is -0.389 e. The van der Waals surface area contributed by atoms with Crippen LogP contribution in [0.15, 0.2) is 0 Å². The van der Waals surface area contributed by atoms with E-state index in [1.54, 1.807) is 4.90 Å². The van der Waals surface area contributed by atoms with Gasteiger partial charge in [0.2, 0.25) is 15.9 Å². The molecule has 1 aliphatic heterocycles. The Morgan fingerprint density at radius 3 is 2.43 bits per heavy atom. The highest BCUT2D eigenvalue weighted by Crippen LogP contribution is 2.31. The molecular weight excluding hydrogens is 316 g/mol. The molecule has 0 radical (unpaired) electrons. The zero-order valence-electron chi connectivity index (χ0n) is 13.7. The monoisotopic (exact) mass is 344 g/mol. The molecule has 3 aliphatic rings. The minimum absolute atomic E-state index is 0.0973. The van der Waals surface area contributed by atoms with Crippen LogP contribution in [0.4, 0.5) is 0 Å². The standard InChI is InChI=1S/C16H28N2O4S/c19-15(13-5-1-2-6-13)18-10-3-7-14(11-18)23(21,22)17-12-16(20)8-4-9-16/h13-14,17,20H,1-12H2/t14-/m1/s1. The second-order valence-electron chi connectivity index (χ2n) is 7.47. The van der Waals surface area contributed by atoms with E-state index in [0.29, 0.717) is 32.4 Å². The third-order valence-corrected chi connectivity index (χ3v) is 7.53. The Bertz CT molecular complexity index is 538. The van der Waals surface area contributed by atoms with Gasteiger partial charge in [-0.15, -0.1) is 0 Å². The van der Waals surface area contributed by atoms with Gasteiger partial charge >= 0.3 is 0 Å².